The van der Waals surface area contributed by atoms with Gasteiger partial charge in [0, 0.05) is 24.8 Å². The molecule has 0 aliphatic rings. The van der Waals surface area contributed by atoms with Gasteiger partial charge in [0.05, 0.1) is 11.1 Å². The van der Waals surface area contributed by atoms with Crippen molar-refractivity contribution in [3.8, 4) is 44.5 Å². The summed E-state index contributed by atoms with van der Waals surface area (Å²) in [6, 6.07) is 48.6. The predicted molar refractivity (Wildman–Crippen MR) is 283 cm³/mol. The van der Waals surface area contributed by atoms with E-state index in [0.29, 0.717) is 5.71 Å². The Hall–Kier alpha value is -7.52. The van der Waals surface area contributed by atoms with Crippen LogP contribution in [0, 0.1) is 27.7 Å². The molecular formula is C63H56N4. The van der Waals surface area contributed by atoms with Gasteiger partial charge in [0.2, 0.25) is 0 Å². The highest BCUT2D eigenvalue weighted by Gasteiger charge is 2.32. The van der Waals surface area contributed by atoms with Crippen molar-refractivity contribution in [3.63, 3.8) is 0 Å². The molecule has 0 atom stereocenters. The van der Waals surface area contributed by atoms with E-state index in [9.17, 15) is 5.53 Å². The summed E-state index contributed by atoms with van der Waals surface area (Å²) in [6.07, 6.45) is 7.38. The second-order valence-corrected chi connectivity index (χ2v) is 20.5. The van der Waals surface area contributed by atoms with Crippen molar-refractivity contribution < 1.29 is 4.79 Å². The summed E-state index contributed by atoms with van der Waals surface area (Å²) >= 11 is 0. The zero-order valence-electron chi connectivity index (χ0n) is 40.3. The average molecular weight is 869 g/mol. The number of fused-ring (bicyclic) bond motifs is 4. The summed E-state index contributed by atoms with van der Waals surface area (Å²) in [5.41, 5.74) is 30.8. The predicted octanol–water partition coefficient (Wildman–Crippen LogP) is 16.7. The molecule has 0 radical (unpaired) electrons. The lowest BCUT2D eigenvalue weighted by Crippen LogP contribution is -2.13. The first-order valence-electron chi connectivity index (χ1n) is 23.4. The summed E-state index contributed by atoms with van der Waals surface area (Å²) in [4.78, 5) is 13.2. The number of hydrogen-bond acceptors (Lipinski definition) is 2. The first-order chi connectivity index (χ1) is 32.1. The highest BCUT2D eigenvalue weighted by molar-refractivity contribution is 6.36. The normalized spacial score (nSPS) is 12.0. The van der Waals surface area contributed by atoms with E-state index in [2.05, 4.69) is 217 Å². The number of benzene rings is 8. The lowest BCUT2D eigenvalue weighted by atomic mass is 9.77. The maximum absolute atomic E-state index is 12.0. The summed E-state index contributed by atoms with van der Waals surface area (Å²) in [5, 5.41) is 8.43. The molecule has 0 spiro atoms. The molecule has 67 heavy (non-hydrogen) atoms. The number of rotatable bonds is 6. The lowest BCUT2D eigenvalue weighted by molar-refractivity contribution is -0.00233. The van der Waals surface area contributed by atoms with Crippen LogP contribution in [0.1, 0.15) is 86.1 Å². The Bertz CT molecular complexity index is 3470. The second-order valence-electron chi connectivity index (χ2n) is 20.5. The molecule has 0 aliphatic carbocycles. The summed E-state index contributed by atoms with van der Waals surface area (Å²) < 4.78 is 0. The summed E-state index contributed by atoms with van der Waals surface area (Å²) in [7, 11) is 0. The minimum atomic E-state index is -0.0121. The average Bonchev–Trinajstić information content (AvgIpc) is 3.31. The molecule has 328 valence electrons. The Morgan fingerprint density at radius 1 is 0.373 bits per heavy atom. The second kappa shape index (κ2) is 16.4. The van der Waals surface area contributed by atoms with E-state index in [4.69, 9.17) is 0 Å². The lowest BCUT2D eigenvalue weighted by Gasteiger charge is -2.25. The number of nitrogens with zero attached hydrogens (tertiary/aromatic N) is 4. The van der Waals surface area contributed by atoms with Crippen LogP contribution in [-0.2, 0) is 10.8 Å². The van der Waals surface area contributed by atoms with E-state index < -0.39 is 0 Å². The Kier molecular flexibility index (Phi) is 10.6. The number of hydrogen-bond donors (Lipinski definition) is 0. The van der Waals surface area contributed by atoms with Gasteiger partial charge < -0.3 is 5.53 Å². The smallest absolute Gasteiger partial charge is 0.332 e. The van der Waals surface area contributed by atoms with E-state index in [1.807, 2.05) is 24.8 Å². The van der Waals surface area contributed by atoms with Gasteiger partial charge in [0.1, 0.15) is 0 Å². The van der Waals surface area contributed by atoms with Crippen LogP contribution in [0.15, 0.2) is 158 Å². The monoisotopic (exact) mass is 868 g/mol. The highest BCUT2D eigenvalue weighted by atomic mass is 14.9. The molecule has 2 aromatic heterocycles. The quantitative estimate of drug-likeness (QED) is 0.0723. The molecular weight excluding hydrogens is 813 g/mol. The molecule has 10 aromatic rings. The fraction of sp³-hybridized carbons (Fsp3) is 0.190. The van der Waals surface area contributed by atoms with Gasteiger partial charge in [0.25, 0.3) is 0 Å². The zero-order valence-corrected chi connectivity index (χ0v) is 40.3. The molecule has 0 saturated carbocycles. The van der Waals surface area contributed by atoms with Crippen LogP contribution >= 0.6 is 0 Å². The first-order valence-corrected chi connectivity index (χ1v) is 23.4. The number of aromatic nitrogens is 2. The molecule has 0 aliphatic heterocycles. The van der Waals surface area contributed by atoms with E-state index in [-0.39, 0.29) is 10.8 Å². The third kappa shape index (κ3) is 7.43. The van der Waals surface area contributed by atoms with Crippen molar-refractivity contribution in [2.75, 3.05) is 0 Å². The Morgan fingerprint density at radius 3 is 1.04 bits per heavy atom. The van der Waals surface area contributed by atoms with Gasteiger partial charge in [-0.25, -0.2) is 0 Å². The van der Waals surface area contributed by atoms with Gasteiger partial charge in [-0.3, -0.25) is 9.97 Å². The first kappa shape index (κ1) is 43.4. The van der Waals surface area contributed by atoms with E-state index in [1.165, 1.54) is 55.6 Å². The molecule has 4 nitrogen and oxygen atoms in total. The van der Waals surface area contributed by atoms with Gasteiger partial charge >= 0.3 is 5.71 Å². The van der Waals surface area contributed by atoms with E-state index >= 15 is 0 Å². The zero-order chi connectivity index (χ0) is 46.9. The van der Waals surface area contributed by atoms with Crippen molar-refractivity contribution in [1.82, 2.24) is 9.97 Å². The number of pyridine rings is 2. The van der Waals surface area contributed by atoms with Crippen LogP contribution in [0.3, 0.4) is 0 Å². The molecule has 10 rings (SSSR count). The standard InChI is InChI=1S/C63H56N4/c1-37-31-45(62(5,6)7)32-38(2)55(37)57-47-15-11-13-17-49(47)59(50-18-14-12-16-48(50)57)61(67-64)60-53-35-43(41-23-27-65-28-24-41)19-21-51(53)58(56-39(3)33-46(34-40(56)4)63(8,9)10)52-22-20-44(36-54(52)60)42-25-29-66-30-26-42/h11-36H,1-10H3. The Morgan fingerprint density at radius 2 is 0.701 bits per heavy atom. The van der Waals surface area contributed by atoms with Gasteiger partial charge in [-0.2, -0.15) is 4.79 Å². The molecule has 0 bridgehead atoms. The van der Waals surface area contributed by atoms with Gasteiger partial charge in [-0.1, -0.05) is 139 Å². The van der Waals surface area contributed by atoms with Crippen LogP contribution < -0.4 is 0 Å². The van der Waals surface area contributed by atoms with Gasteiger partial charge in [0.15, 0.2) is 0 Å². The van der Waals surface area contributed by atoms with Gasteiger partial charge in [-0.05, 0) is 196 Å². The SMILES string of the molecule is Cc1cc(C(C)(C)C)cc(C)c1-c1c2ccccc2c(C(=[N+]=[N-])c2c3cc(-c4ccncc4)ccc3c(-c3c(C)cc(C(C)(C)C)cc3C)c3ccc(-c4ccncc4)cc23)c2ccccc12. The molecule has 8 aromatic carbocycles. The van der Waals surface area contributed by atoms with Crippen molar-refractivity contribution >= 4 is 48.8 Å². The highest BCUT2D eigenvalue weighted by Crippen LogP contribution is 2.48. The maximum atomic E-state index is 12.0. The molecule has 0 amide bonds. The third-order valence-corrected chi connectivity index (χ3v) is 13.9. The van der Waals surface area contributed by atoms with Crippen molar-refractivity contribution in [3.05, 3.63) is 208 Å². The molecule has 0 N–H and O–H groups in total. The molecule has 0 unspecified atom stereocenters. The van der Waals surface area contributed by atoms with E-state index in [0.717, 1.165) is 76.5 Å². The molecule has 2 heterocycles. The van der Waals surface area contributed by atoms with Crippen LogP contribution in [0.5, 0.6) is 0 Å². The third-order valence-electron chi connectivity index (χ3n) is 13.9. The molecule has 0 saturated heterocycles. The van der Waals surface area contributed by atoms with Gasteiger partial charge in [-0.15, -0.1) is 0 Å². The minimum absolute atomic E-state index is 0.0113. The van der Waals surface area contributed by atoms with Crippen molar-refractivity contribution in [2.24, 2.45) is 0 Å². The van der Waals surface area contributed by atoms with Crippen LogP contribution in [0.2, 0.25) is 0 Å². The van der Waals surface area contributed by atoms with Crippen LogP contribution in [0.25, 0.3) is 93.1 Å². The van der Waals surface area contributed by atoms with Crippen LogP contribution in [-0.4, -0.2) is 20.5 Å². The van der Waals surface area contributed by atoms with E-state index in [1.54, 1.807) is 0 Å². The number of aryl methyl sites for hydroxylation is 4. The van der Waals surface area contributed by atoms with Crippen molar-refractivity contribution in [2.45, 2.75) is 80.1 Å². The summed E-state index contributed by atoms with van der Waals surface area (Å²) in [5.74, 6) is 0. The fourth-order valence-electron chi connectivity index (χ4n) is 10.7. The molecule has 0 fully saturated rings. The largest absolute Gasteiger partial charge is 0.361 e. The maximum Gasteiger partial charge on any atom is 0.332 e. The fourth-order valence-corrected chi connectivity index (χ4v) is 10.7. The topological polar surface area (TPSA) is 62.2 Å². The Balaban J connectivity index is 1.38. The van der Waals surface area contributed by atoms with Crippen LogP contribution in [0.4, 0.5) is 0 Å². The Labute approximate surface area is 394 Å². The van der Waals surface area contributed by atoms with Crippen molar-refractivity contribution in [1.29, 1.82) is 0 Å². The minimum Gasteiger partial charge on any atom is -0.361 e. The molecule has 4 heteroatoms. The summed E-state index contributed by atoms with van der Waals surface area (Å²) in [6.45, 7) is 22.7.